The number of hydrogen-bond donors (Lipinski definition) is 0. The van der Waals surface area contributed by atoms with Gasteiger partial charge in [-0.3, -0.25) is 0 Å². The molecular formula is C13H16BrN3O. The van der Waals surface area contributed by atoms with Crippen molar-refractivity contribution in [3.63, 3.8) is 0 Å². The molecule has 1 atom stereocenters. The molecule has 1 aliphatic rings. The summed E-state index contributed by atoms with van der Waals surface area (Å²) in [7, 11) is 2.07. The zero-order valence-corrected chi connectivity index (χ0v) is 11.9. The van der Waals surface area contributed by atoms with E-state index in [1.54, 1.807) is 0 Å². The number of benzene rings is 1. The number of nitrogens with zero attached hydrogens (tertiary/aromatic N) is 3. The summed E-state index contributed by atoms with van der Waals surface area (Å²) in [5.41, 5.74) is 2.22. The topological polar surface area (TPSA) is 30.3 Å². The summed E-state index contributed by atoms with van der Waals surface area (Å²) in [6.07, 6.45) is 0. The van der Waals surface area contributed by atoms with Crippen molar-refractivity contribution in [3.8, 4) is 0 Å². The maximum absolute atomic E-state index is 5.53. The molecule has 2 heterocycles. The van der Waals surface area contributed by atoms with E-state index in [-0.39, 0.29) is 0 Å². The van der Waals surface area contributed by atoms with Gasteiger partial charge in [-0.15, -0.1) is 0 Å². The second-order valence-corrected chi connectivity index (χ2v) is 5.18. The summed E-state index contributed by atoms with van der Waals surface area (Å²) in [6, 6.07) is 8.60. The molecule has 0 spiro atoms. The highest BCUT2D eigenvalue weighted by Gasteiger charge is 2.25. The first-order valence-corrected chi connectivity index (χ1v) is 7.25. The largest absolute Gasteiger partial charge is 0.377 e. The molecule has 18 heavy (non-hydrogen) atoms. The minimum Gasteiger partial charge on any atom is -0.377 e. The standard InChI is InChI=1S/C13H16BrN3O/c1-16-12-5-3-2-4-11(12)15-13(16)17-6-7-18-9-10(17)8-14/h2-5,10H,6-9H2,1H3. The third kappa shape index (κ3) is 1.91. The lowest BCUT2D eigenvalue weighted by molar-refractivity contribution is 0.0993. The Bertz CT molecular complexity index is 554. The van der Waals surface area contributed by atoms with Crippen LogP contribution in [-0.2, 0) is 11.8 Å². The summed E-state index contributed by atoms with van der Waals surface area (Å²) in [5.74, 6) is 1.03. The molecule has 1 saturated heterocycles. The fraction of sp³-hybridized carbons (Fsp3) is 0.462. The van der Waals surface area contributed by atoms with Crippen LogP contribution >= 0.6 is 15.9 Å². The van der Waals surface area contributed by atoms with E-state index >= 15 is 0 Å². The van der Waals surface area contributed by atoms with Gasteiger partial charge in [0, 0.05) is 18.9 Å². The molecule has 0 N–H and O–H groups in total. The summed E-state index contributed by atoms with van der Waals surface area (Å²) >= 11 is 3.56. The van der Waals surface area contributed by atoms with Crippen LogP contribution in [0.4, 0.5) is 5.95 Å². The van der Waals surface area contributed by atoms with Gasteiger partial charge < -0.3 is 14.2 Å². The number of fused-ring (bicyclic) bond motifs is 1. The smallest absolute Gasteiger partial charge is 0.206 e. The van der Waals surface area contributed by atoms with Crippen LogP contribution in [0.25, 0.3) is 11.0 Å². The van der Waals surface area contributed by atoms with Crippen molar-refractivity contribution in [1.29, 1.82) is 0 Å². The lowest BCUT2D eigenvalue weighted by Gasteiger charge is -2.35. The number of morpholine rings is 1. The van der Waals surface area contributed by atoms with E-state index in [0.717, 1.165) is 36.6 Å². The van der Waals surface area contributed by atoms with Crippen molar-refractivity contribution in [2.24, 2.45) is 7.05 Å². The molecule has 1 aromatic heterocycles. The Morgan fingerprint density at radius 1 is 1.44 bits per heavy atom. The second kappa shape index (κ2) is 4.90. The third-order valence-electron chi connectivity index (χ3n) is 3.43. The number of para-hydroxylation sites is 2. The Labute approximate surface area is 115 Å². The average Bonchev–Trinajstić information content (AvgIpc) is 2.76. The van der Waals surface area contributed by atoms with E-state index in [1.807, 2.05) is 6.07 Å². The SMILES string of the molecule is Cn1c(N2CCOCC2CBr)nc2ccccc21. The number of alkyl halides is 1. The molecule has 96 valence electrons. The molecule has 3 rings (SSSR count). The Kier molecular flexibility index (Phi) is 3.26. The normalized spacial score (nSPS) is 20.6. The van der Waals surface area contributed by atoms with Crippen molar-refractivity contribution < 1.29 is 4.74 Å². The van der Waals surface area contributed by atoms with E-state index in [4.69, 9.17) is 9.72 Å². The lowest BCUT2D eigenvalue weighted by Crippen LogP contribution is -2.47. The predicted molar refractivity (Wildman–Crippen MR) is 76.5 cm³/mol. The summed E-state index contributed by atoms with van der Waals surface area (Å²) in [6.45, 7) is 2.43. The van der Waals surface area contributed by atoms with Crippen LogP contribution in [0.15, 0.2) is 24.3 Å². The molecule has 4 nitrogen and oxygen atoms in total. The highest BCUT2D eigenvalue weighted by molar-refractivity contribution is 9.09. The minimum atomic E-state index is 0.356. The Morgan fingerprint density at radius 3 is 3.06 bits per heavy atom. The van der Waals surface area contributed by atoms with Crippen LogP contribution in [0.2, 0.25) is 0 Å². The number of rotatable bonds is 2. The predicted octanol–water partition coefficient (Wildman–Crippen LogP) is 2.17. The van der Waals surface area contributed by atoms with E-state index in [0.29, 0.717) is 6.04 Å². The van der Waals surface area contributed by atoms with Crippen LogP contribution < -0.4 is 4.90 Å². The highest BCUT2D eigenvalue weighted by atomic mass is 79.9. The number of halogens is 1. The molecule has 0 radical (unpaired) electrons. The maximum atomic E-state index is 5.53. The van der Waals surface area contributed by atoms with E-state index in [2.05, 4.69) is 50.6 Å². The highest BCUT2D eigenvalue weighted by Crippen LogP contribution is 2.24. The van der Waals surface area contributed by atoms with E-state index < -0.39 is 0 Å². The zero-order chi connectivity index (χ0) is 12.5. The van der Waals surface area contributed by atoms with Gasteiger partial charge in [0.1, 0.15) is 0 Å². The fourth-order valence-electron chi connectivity index (χ4n) is 2.44. The van der Waals surface area contributed by atoms with Crippen LogP contribution in [0.5, 0.6) is 0 Å². The van der Waals surface area contributed by atoms with Crippen LogP contribution in [-0.4, -0.2) is 40.7 Å². The van der Waals surface area contributed by atoms with Crippen molar-refractivity contribution >= 4 is 32.9 Å². The van der Waals surface area contributed by atoms with Gasteiger partial charge in [0.15, 0.2) is 0 Å². The van der Waals surface area contributed by atoms with Crippen molar-refractivity contribution in [2.45, 2.75) is 6.04 Å². The number of aryl methyl sites for hydroxylation is 1. The fourth-order valence-corrected chi connectivity index (χ4v) is 2.97. The maximum Gasteiger partial charge on any atom is 0.206 e. The molecule has 1 unspecified atom stereocenters. The van der Waals surface area contributed by atoms with Gasteiger partial charge in [-0.05, 0) is 12.1 Å². The third-order valence-corrected chi connectivity index (χ3v) is 4.17. The molecule has 1 fully saturated rings. The molecule has 0 saturated carbocycles. The number of imidazole rings is 1. The van der Waals surface area contributed by atoms with Gasteiger partial charge in [0.25, 0.3) is 0 Å². The van der Waals surface area contributed by atoms with Gasteiger partial charge in [0.05, 0.1) is 30.3 Å². The second-order valence-electron chi connectivity index (χ2n) is 4.54. The lowest BCUT2D eigenvalue weighted by atomic mass is 10.3. The molecule has 5 heteroatoms. The van der Waals surface area contributed by atoms with E-state index in [9.17, 15) is 0 Å². The molecular weight excluding hydrogens is 294 g/mol. The van der Waals surface area contributed by atoms with Crippen LogP contribution in [0.3, 0.4) is 0 Å². The summed E-state index contributed by atoms with van der Waals surface area (Å²) in [5, 5.41) is 0.899. The quantitative estimate of drug-likeness (QED) is 0.797. The van der Waals surface area contributed by atoms with Gasteiger partial charge in [-0.2, -0.15) is 0 Å². The Balaban J connectivity index is 2.04. The Hall–Kier alpha value is -1.07. The number of aromatic nitrogens is 2. The average molecular weight is 310 g/mol. The van der Waals surface area contributed by atoms with Gasteiger partial charge in [-0.1, -0.05) is 28.1 Å². The monoisotopic (exact) mass is 309 g/mol. The number of hydrogen-bond acceptors (Lipinski definition) is 3. The van der Waals surface area contributed by atoms with Gasteiger partial charge >= 0.3 is 0 Å². The summed E-state index contributed by atoms with van der Waals surface area (Å²) < 4.78 is 7.69. The van der Waals surface area contributed by atoms with E-state index in [1.165, 1.54) is 5.52 Å². The molecule has 1 aromatic carbocycles. The van der Waals surface area contributed by atoms with Crippen molar-refractivity contribution in [1.82, 2.24) is 9.55 Å². The number of anilines is 1. The molecule has 0 bridgehead atoms. The van der Waals surface area contributed by atoms with Crippen molar-refractivity contribution in [2.75, 3.05) is 30.0 Å². The summed E-state index contributed by atoms with van der Waals surface area (Å²) in [4.78, 5) is 7.08. The van der Waals surface area contributed by atoms with Gasteiger partial charge in [-0.25, -0.2) is 4.98 Å². The van der Waals surface area contributed by atoms with Crippen LogP contribution in [0.1, 0.15) is 0 Å². The Morgan fingerprint density at radius 2 is 2.28 bits per heavy atom. The molecule has 1 aliphatic heterocycles. The van der Waals surface area contributed by atoms with Crippen LogP contribution in [0, 0.1) is 0 Å². The first kappa shape index (κ1) is 12.0. The number of ether oxygens (including phenoxy) is 1. The minimum absolute atomic E-state index is 0.356. The molecule has 2 aromatic rings. The molecule has 0 aliphatic carbocycles. The first-order chi connectivity index (χ1) is 8.81. The zero-order valence-electron chi connectivity index (χ0n) is 10.3. The first-order valence-electron chi connectivity index (χ1n) is 6.13. The van der Waals surface area contributed by atoms with Gasteiger partial charge in [0.2, 0.25) is 5.95 Å². The molecule has 0 amide bonds. The van der Waals surface area contributed by atoms with Crippen molar-refractivity contribution in [3.05, 3.63) is 24.3 Å².